The molecule has 1 aromatic heterocycles. The van der Waals surface area contributed by atoms with Gasteiger partial charge in [-0.25, -0.2) is 8.42 Å². The Balaban J connectivity index is 2.16. The molecule has 0 atom stereocenters. The molecule has 1 rings (SSSR count). The summed E-state index contributed by atoms with van der Waals surface area (Å²) in [6, 6.07) is 3.81. The summed E-state index contributed by atoms with van der Waals surface area (Å²) in [6.07, 6.45) is 2.81. The SMILES string of the molecule is CCCCCS(=O)(=O)CCNCc1ccc(Cl)s1. The molecule has 1 aromatic rings. The van der Waals surface area contributed by atoms with Gasteiger partial charge in [-0.2, -0.15) is 0 Å². The molecule has 0 amide bonds. The third-order valence-corrected chi connectivity index (χ3v) is 5.54. The largest absolute Gasteiger partial charge is 0.311 e. The summed E-state index contributed by atoms with van der Waals surface area (Å²) in [4.78, 5) is 1.13. The molecule has 0 aliphatic rings. The van der Waals surface area contributed by atoms with Crippen LogP contribution in [0.3, 0.4) is 0 Å². The van der Waals surface area contributed by atoms with Gasteiger partial charge in [0, 0.05) is 18.0 Å². The molecule has 0 unspecified atom stereocenters. The predicted octanol–water partition coefficient (Wildman–Crippen LogP) is 3.10. The Hall–Kier alpha value is -0.100. The minimum Gasteiger partial charge on any atom is -0.311 e. The van der Waals surface area contributed by atoms with Gasteiger partial charge in [-0.3, -0.25) is 0 Å². The van der Waals surface area contributed by atoms with E-state index in [2.05, 4.69) is 12.2 Å². The molecular weight excluding hydrogens is 290 g/mol. The second-order valence-corrected chi connectivity index (χ2v) is 8.34. The van der Waals surface area contributed by atoms with Gasteiger partial charge < -0.3 is 5.32 Å². The van der Waals surface area contributed by atoms with Crippen molar-refractivity contribution < 1.29 is 8.42 Å². The number of hydrogen-bond donors (Lipinski definition) is 1. The predicted molar refractivity (Wildman–Crippen MR) is 79.2 cm³/mol. The Morgan fingerprint density at radius 2 is 2.06 bits per heavy atom. The van der Waals surface area contributed by atoms with E-state index in [0.717, 1.165) is 28.5 Å². The number of halogens is 1. The van der Waals surface area contributed by atoms with Gasteiger partial charge in [-0.05, 0) is 18.6 Å². The van der Waals surface area contributed by atoms with Gasteiger partial charge in [-0.1, -0.05) is 31.4 Å². The van der Waals surface area contributed by atoms with Crippen LogP contribution in [0.2, 0.25) is 4.34 Å². The van der Waals surface area contributed by atoms with Crippen LogP contribution in [0.15, 0.2) is 12.1 Å². The lowest BCUT2D eigenvalue weighted by Gasteiger charge is -2.05. The average molecular weight is 310 g/mol. The van der Waals surface area contributed by atoms with Crippen LogP contribution in [0.4, 0.5) is 0 Å². The van der Waals surface area contributed by atoms with E-state index in [0.29, 0.717) is 18.8 Å². The van der Waals surface area contributed by atoms with E-state index in [4.69, 9.17) is 11.6 Å². The molecule has 0 aliphatic heterocycles. The zero-order valence-corrected chi connectivity index (χ0v) is 13.0. The number of nitrogens with one attached hydrogen (secondary N) is 1. The first-order chi connectivity index (χ1) is 8.53. The van der Waals surface area contributed by atoms with Crippen molar-refractivity contribution in [2.45, 2.75) is 32.7 Å². The highest BCUT2D eigenvalue weighted by atomic mass is 35.5. The minimum absolute atomic E-state index is 0.218. The van der Waals surface area contributed by atoms with Crippen LogP contribution >= 0.6 is 22.9 Å². The van der Waals surface area contributed by atoms with Crippen LogP contribution in [-0.2, 0) is 16.4 Å². The van der Waals surface area contributed by atoms with Crippen molar-refractivity contribution in [1.82, 2.24) is 5.32 Å². The molecule has 3 nitrogen and oxygen atoms in total. The van der Waals surface area contributed by atoms with Crippen LogP contribution in [-0.4, -0.2) is 26.5 Å². The molecule has 1 N–H and O–H groups in total. The molecule has 0 radical (unpaired) electrons. The van der Waals surface area contributed by atoms with Crippen LogP contribution in [0.5, 0.6) is 0 Å². The third-order valence-electron chi connectivity index (χ3n) is 2.58. The van der Waals surface area contributed by atoms with Crippen LogP contribution in [0.25, 0.3) is 0 Å². The lowest BCUT2D eigenvalue weighted by atomic mass is 10.3. The Labute approximate surface area is 118 Å². The summed E-state index contributed by atoms with van der Waals surface area (Å²) < 4.78 is 24.1. The molecule has 1 heterocycles. The van der Waals surface area contributed by atoms with Gasteiger partial charge in [0.15, 0.2) is 9.84 Å². The monoisotopic (exact) mass is 309 g/mol. The number of rotatable bonds is 9. The summed E-state index contributed by atoms with van der Waals surface area (Å²) in [7, 11) is -2.89. The maximum Gasteiger partial charge on any atom is 0.151 e. The van der Waals surface area contributed by atoms with Crippen molar-refractivity contribution in [3.05, 3.63) is 21.3 Å². The fourth-order valence-electron chi connectivity index (χ4n) is 1.56. The standard InChI is InChI=1S/C12H20ClNO2S2/c1-2-3-4-8-18(15,16)9-7-14-10-11-5-6-12(13)17-11/h5-6,14H,2-4,7-10H2,1H3. The first-order valence-electron chi connectivity index (χ1n) is 6.19. The average Bonchev–Trinajstić information content (AvgIpc) is 2.71. The molecule has 0 spiro atoms. The zero-order chi connectivity index (χ0) is 13.4. The molecule has 0 aliphatic carbocycles. The molecule has 18 heavy (non-hydrogen) atoms. The Morgan fingerprint density at radius 3 is 2.67 bits per heavy atom. The van der Waals surface area contributed by atoms with E-state index >= 15 is 0 Å². The van der Waals surface area contributed by atoms with E-state index in [1.807, 2.05) is 12.1 Å². The van der Waals surface area contributed by atoms with Crippen molar-refractivity contribution in [3.63, 3.8) is 0 Å². The summed E-state index contributed by atoms with van der Waals surface area (Å²) in [6.45, 7) is 3.26. The van der Waals surface area contributed by atoms with Gasteiger partial charge in [0.2, 0.25) is 0 Å². The molecule has 0 bridgehead atoms. The molecule has 0 fully saturated rings. The van der Waals surface area contributed by atoms with Crippen molar-refractivity contribution in [2.75, 3.05) is 18.1 Å². The highest BCUT2D eigenvalue weighted by Gasteiger charge is 2.09. The maximum absolute atomic E-state index is 11.7. The minimum atomic E-state index is -2.89. The topological polar surface area (TPSA) is 46.2 Å². The number of unbranched alkanes of at least 4 members (excludes halogenated alkanes) is 2. The van der Waals surface area contributed by atoms with Gasteiger partial charge in [0.05, 0.1) is 15.8 Å². The van der Waals surface area contributed by atoms with Crippen LogP contribution in [0.1, 0.15) is 31.1 Å². The molecule has 0 saturated heterocycles. The number of sulfone groups is 1. The summed E-state index contributed by atoms with van der Waals surface area (Å²) in [5, 5.41) is 3.13. The molecule has 0 aromatic carbocycles. The van der Waals surface area contributed by atoms with Gasteiger partial charge >= 0.3 is 0 Å². The van der Waals surface area contributed by atoms with Crippen molar-refractivity contribution in [2.24, 2.45) is 0 Å². The second-order valence-electron chi connectivity index (χ2n) is 4.24. The lowest BCUT2D eigenvalue weighted by Crippen LogP contribution is -2.23. The molecule has 0 saturated carbocycles. The van der Waals surface area contributed by atoms with E-state index < -0.39 is 9.84 Å². The quantitative estimate of drug-likeness (QED) is 0.713. The number of thiophene rings is 1. The maximum atomic E-state index is 11.7. The molecule has 104 valence electrons. The normalized spacial score (nSPS) is 11.9. The van der Waals surface area contributed by atoms with E-state index in [1.165, 1.54) is 11.3 Å². The second kappa shape index (κ2) is 8.15. The lowest BCUT2D eigenvalue weighted by molar-refractivity contribution is 0.586. The van der Waals surface area contributed by atoms with Gasteiger partial charge in [0.1, 0.15) is 0 Å². The fraction of sp³-hybridized carbons (Fsp3) is 0.667. The summed E-state index contributed by atoms with van der Waals surface area (Å²) >= 11 is 7.33. The Kier molecular flexibility index (Phi) is 7.22. The highest BCUT2D eigenvalue weighted by Crippen LogP contribution is 2.20. The van der Waals surface area contributed by atoms with Crippen LogP contribution in [0, 0.1) is 0 Å². The van der Waals surface area contributed by atoms with E-state index in [9.17, 15) is 8.42 Å². The van der Waals surface area contributed by atoms with Gasteiger partial charge in [0.25, 0.3) is 0 Å². The summed E-state index contributed by atoms with van der Waals surface area (Å²) in [5.41, 5.74) is 0. The Bertz CT molecular complexity index is 443. The first kappa shape index (κ1) is 16.0. The van der Waals surface area contributed by atoms with E-state index in [1.54, 1.807) is 0 Å². The zero-order valence-electron chi connectivity index (χ0n) is 10.6. The molecular formula is C12H20ClNO2S2. The number of hydrogen-bond acceptors (Lipinski definition) is 4. The van der Waals surface area contributed by atoms with Gasteiger partial charge in [-0.15, -0.1) is 11.3 Å². The smallest absolute Gasteiger partial charge is 0.151 e. The van der Waals surface area contributed by atoms with Crippen LogP contribution < -0.4 is 5.32 Å². The summed E-state index contributed by atoms with van der Waals surface area (Å²) in [5.74, 6) is 0.531. The first-order valence-corrected chi connectivity index (χ1v) is 9.20. The highest BCUT2D eigenvalue weighted by molar-refractivity contribution is 7.91. The van der Waals surface area contributed by atoms with Crippen molar-refractivity contribution in [1.29, 1.82) is 0 Å². The third kappa shape index (κ3) is 6.73. The van der Waals surface area contributed by atoms with Crippen molar-refractivity contribution >= 4 is 32.8 Å². The Morgan fingerprint density at radius 1 is 1.28 bits per heavy atom. The van der Waals surface area contributed by atoms with E-state index in [-0.39, 0.29) is 5.75 Å². The fourth-order valence-corrected chi connectivity index (χ4v) is 3.92. The van der Waals surface area contributed by atoms with Crippen molar-refractivity contribution in [3.8, 4) is 0 Å². The molecule has 6 heteroatoms.